The molecule has 2 atom stereocenters. The van der Waals surface area contributed by atoms with Gasteiger partial charge >= 0.3 is 6.09 Å². The number of anilines is 1. The number of benzene rings is 1. The molecule has 0 bridgehead atoms. The fourth-order valence-corrected chi connectivity index (χ4v) is 2.94. The maximum absolute atomic E-state index is 12.5. The number of amides is 1. The van der Waals surface area contributed by atoms with E-state index >= 15 is 0 Å². The van der Waals surface area contributed by atoms with Crippen LogP contribution < -0.4 is 5.73 Å². The van der Waals surface area contributed by atoms with E-state index in [9.17, 15) is 4.79 Å². The highest BCUT2D eigenvalue weighted by Crippen LogP contribution is 2.29. The minimum Gasteiger partial charge on any atom is -0.444 e. The van der Waals surface area contributed by atoms with Crippen LogP contribution in [0, 0.1) is 0 Å². The first-order valence-corrected chi connectivity index (χ1v) is 8.23. The molecule has 2 N–H and O–H groups in total. The number of carbonyl (C=O) groups is 1. The van der Waals surface area contributed by atoms with E-state index in [1.54, 1.807) is 0 Å². The van der Waals surface area contributed by atoms with Crippen LogP contribution in [0.3, 0.4) is 0 Å². The highest BCUT2D eigenvalue weighted by atomic mass is 16.6. The molecule has 1 amide bonds. The molecule has 0 aliphatic carbocycles. The van der Waals surface area contributed by atoms with Crippen LogP contribution >= 0.6 is 0 Å². The fourth-order valence-electron chi connectivity index (χ4n) is 2.94. The molecule has 2 rings (SSSR count). The molecule has 1 aliphatic heterocycles. The summed E-state index contributed by atoms with van der Waals surface area (Å²) in [7, 11) is 0. The third kappa shape index (κ3) is 4.50. The zero-order chi connectivity index (χ0) is 17.2. The van der Waals surface area contributed by atoms with Gasteiger partial charge in [0.05, 0.1) is 6.04 Å². The lowest BCUT2D eigenvalue weighted by Gasteiger charge is -2.30. The lowest BCUT2D eigenvalue weighted by atomic mass is 10.0. The van der Waals surface area contributed by atoms with Crippen molar-refractivity contribution in [2.45, 2.75) is 65.1 Å². The molecule has 0 spiro atoms. The monoisotopic (exact) mass is 316 g/mol. The van der Waals surface area contributed by atoms with Crippen molar-refractivity contribution in [3.8, 4) is 0 Å². The van der Waals surface area contributed by atoms with E-state index in [0.29, 0.717) is 0 Å². The summed E-state index contributed by atoms with van der Waals surface area (Å²) in [5.74, 6) is 0. The normalized spacial score (nSPS) is 22.3. The first-order chi connectivity index (χ1) is 10.7. The van der Waals surface area contributed by atoms with Crippen molar-refractivity contribution in [2.24, 2.45) is 0 Å². The molecule has 4 nitrogen and oxygen atoms in total. The lowest BCUT2D eigenvalue weighted by molar-refractivity contribution is 0.0194. The predicted molar refractivity (Wildman–Crippen MR) is 95.1 cm³/mol. The molecule has 1 aromatic rings. The van der Waals surface area contributed by atoms with Gasteiger partial charge in [0.15, 0.2) is 0 Å². The second kappa shape index (κ2) is 6.65. The van der Waals surface area contributed by atoms with Gasteiger partial charge in [0.1, 0.15) is 5.60 Å². The number of hydrogen-bond acceptors (Lipinski definition) is 3. The van der Waals surface area contributed by atoms with E-state index < -0.39 is 5.60 Å². The van der Waals surface area contributed by atoms with Crippen LogP contribution in [0.1, 0.15) is 53.0 Å². The van der Waals surface area contributed by atoms with Crippen molar-refractivity contribution in [1.82, 2.24) is 4.90 Å². The molecule has 1 aliphatic rings. The third-order valence-electron chi connectivity index (χ3n) is 4.13. The number of nitrogen functional groups attached to an aromatic ring is 1. The fraction of sp³-hybridized carbons (Fsp3) is 0.526. The Bertz CT molecular complexity index is 584. The topological polar surface area (TPSA) is 55.6 Å². The number of likely N-dealkylation sites (tertiary alicyclic amines) is 1. The van der Waals surface area contributed by atoms with Crippen molar-refractivity contribution in [2.75, 3.05) is 5.73 Å². The van der Waals surface area contributed by atoms with Crippen LogP contribution in [-0.4, -0.2) is 28.7 Å². The number of nitrogens with zero attached hydrogens (tertiary/aromatic N) is 1. The van der Waals surface area contributed by atoms with E-state index in [2.05, 4.69) is 19.9 Å². The largest absolute Gasteiger partial charge is 0.444 e. The summed E-state index contributed by atoms with van der Waals surface area (Å²) < 4.78 is 5.57. The van der Waals surface area contributed by atoms with Gasteiger partial charge in [-0.25, -0.2) is 4.79 Å². The van der Waals surface area contributed by atoms with E-state index in [0.717, 1.165) is 29.7 Å². The molecule has 1 heterocycles. The summed E-state index contributed by atoms with van der Waals surface area (Å²) >= 11 is 0. The quantitative estimate of drug-likeness (QED) is 0.820. The number of rotatable bonds is 2. The van der Waals surface area contributed by atoms with Gasteiger partial charge in [0.2, 0.25) is 0 Å². The Morgan fingerprint density at radius 3 is 2.43 bits per heavy atom. The van der Waals surface area contributed by atoms with Crippen molar-refractivity contribution >= 4 is 17.4 Å². The predicted octanol–water partition coefficient (Wildman–Crippen LogP) is 4.46. The number of ether oxygens (including phenoxy) is 1. The molecule has 23 heavy (non-hydrogen) atoms. The lowest BCUT2D eigenvalue weighted by Crippen LogP contribution is -2.42. The van der Waals surface area contributed by atoms with Gasteiger partial charge < -0.3 is 10.5 Å². The van der Waals surface area contributed by atoms with Crippen molar-refractivity contribution in [1.29, 1.82) is 0 Å². The van der Waals surface area contributed by atoms with Gasteiger partial charge in [-0.3, -0.25) is 4.90 Å². The van der Waals surface area contributed by atoms with Crippen LogP contribution in [0.25, 0.3) is 5.57 Å². The number of carbonyl (C=O) groups excluding carboxylic acids is 1. The van der Waals surface area contributed by atoms with Gasteiger partial charge in [-0.1, -0.05) is 18.2 Å². The van der Waals surface area contributed by atoms with Gasteiger partial charge in [-0.05, 0) is 70.7 Å². The molecule has 1 fully saturated rings. The van der Waals surface area contributed by atoms with Crippen LogP contribution in [0.5, 0.6) is 0 Å². The Morgan fingerprint density at radius 1 is 1.26 bits per heavy atom. The Labute approximate surface area is 139 Å². The summed E-state index contributed by atoms with van der Waals surface area (Å²) in [6.45, 7) is 9.85. The van der Waals surface area contributed by atoms with Crippen molar-refractivity contribution in [3.63, 3.8) is 0 Å². The molecule has 1 aromatic carbocycles. The van der Waals surface area contributed by atoms with Crippen LogP contribution in [0.15, 0.2) is 30.3 Å². The van der Waals surface area contributed by atoms with Gasteiger partial charge in [0.25, 0.3) is 0 Å². The molecule has 126 valence electrons. The number of allylic oxidation sites excluding steroid dienone is 1. The average molecular weight is 316 g/mol. The summed E-state index contributed by atoms with van der Waals surface area (Å²) in [6, 6.07) is 8.10. The van der Waals surface area contributed by atoms with Gasteiger partial charge in [0, 0.05) is 11.7 Å². The summed E-state index contributed by atoms with van der Waals surface area (Å²) in [6.07, 6.45) is 3.90. The average Bonchev–Trinajstić information content (AvgIpc) is 2.78. The van der Waals surface area contributed by atoms with E-state index in [1.807, 2.05) is 49.9 Å². The zero-order valence-electron chi connectivity index (χ0n) is 14.8. The van der Waals surface area contributed by atoms with E-state index in [1.165, 1.54) is 0 Å². The highest BCUT2D eigenvalue weighted by Gasteiger charge is 2.35. The number of hydrogen-bond donors (Lipinski definition) is 1. The van der Waals surface area contributed by atoms with Crippen LogP contribution in [0.4, 0.5) is 10.5 Å². The molecule has 0 aromatic heterocycles. The molecular weight excluding hydrogens is 288 g/mol. The van der Waals surface area contributed by atoms with Crippen molar-refractivity contribution in [3.05, 3.63) is 35.9 Å². The first-order valence-electron chi connectivity index (χ1n) is 8.23. The number of nitrogens with two attached hydrogens (primary N) is 1. The smallest absolute Gasteiger partial charge is 0.411 e. The summed E-state index contributed by atoms with van der Waals surface area (Å²) in [4.78, 5) is 14.4. The van der Waals surface area contributed by atoms with Crippen LogP contribution in [0.2, 0.25) is 0 Å². The SMILES string of the molecule is C/C(=C\C1CCC(C)N1C(=O)OC(C)(C)C)c1ccc(N)cc1. The molecule has 1 saturated heterocycles. The van der Waals surface area contributed by atoms with Gasteiger partial charge in [-0.2, -0.15) is 0 Å². The maximum Gasteiger partial charge on any atom is 0.411 e. The molecule has 0 radical (unpaired) electrons. The summed E-state index contributed by atoms with van der Waals surface area (Å²) in [5, 5.41) is 0. The second-order valence-corrected chi connectivity index (χ2v) is 7.35. The Morgan fingerprint density at radius 2 is 1.87 bits per heavy atom. The van der Waals surface area contributed by atoms with Crippen LogP contribution in [-0.2, 0) is 4.74 Å². The standard InChI is InChI=1S/C19H28N2O2/c1-13(15-7-9-16(20)10-8-15)12-17-11-6-14(2)21(17)18(22)23-19(3,4)5/h7-10,12,14,17H,6,11,20H2,1-5H3/b13-12+. The highest BCUT2D eigenvalue weighted by molar-refractivity contribution is 5.71. The Hall–Kier alpha value is -1.97. The third-order valence-corrected chi connectivity index (χ3v) is 4.13. The second-order valence-electron chi connectivity index (χ2n) is 7.35. The molecule has 2 unspecified atom stereocenters. The van der Waals surface area contributed by atoms with Gasteiger partial charge in [-0.15, -0.1) is 0 Å². The first kappa shape index (κ1) is 17.4. The summed E-state index contributed by atoms with van der Waals surface area (Å²) in [5.41, 5.74) is 8.30. The maximum atomic E-state index is 12.5. The Kier molecular flexibility index (Phi) is 5.03. The van der Waals surface area contributed by atoms with E-state index in [4.69, 9.17) is 10.5 Å². The minimum atomic E-state index is -0.473. The minimum absolute atomic E-state index is 0.0809. The molecule has 4 heteroatoms. The van der Waals surface area contributed by atoms with E-state index in [-0.39, 0.29) is 18.2 Å². The van der Waals surface area contributed by atoms with Crippen molar-refractivity contribution < 1.29 is 9.53 Å². The molecular formula is C19H28N2O2. The Balaban J connectivity index is 2.18. The zero-order valence-corrected chi connectivity index (χ0v) is 14.8. The molecule has 0 saturated carbocycles.